The van der Waals surface area contributed by atoms with Crippen LogP contribution in [0.5, 0.6) is 0 Å². The van der Waals surface area contributed by atoms with Crippen LogP contribution >= 0.6 is 11.6 Å². The molecule has 4 nitrogen and oxygen atoms in total. The number of carbonyl (C=O) groups excluding carboxylic acids is 2. The van der Waals surface area contributed by atoms with E-state index >= 15 is 0 Å². The van der Waals surface area contributed by atoms with Crippen LogP contribution < -0.4 is 10.2 Å². The molecule has 1 unspecified atom stereocenters. The molecule has 130 valence electrons. The van der Waals surface area contributed by atoms with E-state index in [4.69, 9.17) is 11.6 Å². The van der Waals surface area contributed by atoms with Gasteiger partial charge in [-0.3, -0.25) is 9.59 Å². The molecule has 0 bridgehead atoms. The van der Waals surface area contributed by atoms with E-state index in [1.807, 2.05) is 0 Å². The first-order chi connectivity index (χ1) is 11.9. The van der Waals surface area contributed by atoms with Crippen molar-refractivity contribution in [3.05, 3.63) is 58.9 Å². The third kappa shape index (κ3) is 3.46. The second kappa shape index (κ2) is 6.76. The predicted octanol–water partition coefficient (Wildman–Crippen LogP) is 3.75. The van der Waals surface area contributed by atoms with Crippen LogP contribution in [0.1, 0.15) is 6.42 Å². The van der Waals surface area contributed by atoms with E-state index < -0.39 is 40.9 Å². The molecule has 1 fully saturated rings. The lowest BCUT2D eigenvalue weighted by atomic mass is 10.1. The number of hydrogen-bond acceptors (Lipinski definition) is 2. The number of anilines is 2. The monoisotopic (exact) mass is 368 g/mol. The molecule has 0 radical (unpaired) electrons. The standard InChI is InChI=1S/C17H12ClF3N2O2/c18-11-7-10(4-5-12(11)19)22-17(25)9-6-15(24)23(8-9)16-13(20)2-1-3-14(16)21/h1-5,7,9H,6,8H2,(H,22,25). The van der Waals surface area contributed by atoms with E-state index in [0.717, 1.165) is 23.1 Å². The van der Waals surface area contributed by atoms with Gasteiger partial charge < -0.3 is 10.2 Å². The Kier molecular flexibility index (Phi) is 4.67. The lowest BCUT2D eigenvalue weighted by Crippen LogP contribution is -2.29. The highest BCUT2D eigenvalue weighted by Gasteiger charge is 2.37. The van der Waals surface area contributed by atoms with E-state index in [0.29, 0.717) is 0 Å². The average molecular weight is 369 g/mol. The number of halogens is 4. The zero-order chi connectivity index (χ0) is 18.1. The Bertz CT molecular complexity index is 840. The second-order valence-electron chi connectivity index (χ2n) is 5.59. The van der Waals surface area contributed by atoms with Crippen molar-refractivity contribution in [1.82, 2.24) is 0 Å². The van der Waals surface area contributed by atoms with Crippen LogP contribution in [0.3, 0.4) is 0 Å². The summed E-state index contributed by atoms with van der Waals surface area (Å²) in [6, 6.07) is 6.93. The Morgan fingerprint density at radius 2 is 1.80 bits per heavy atom. The molecule has 25 heavy (non-hydrogen) atoms. The minimum Gasteiger partial charge on any atom is -0.326 e. The normalized spacial score (nSPS) is 17.0. The second-order valence-corrected chi connectivity index (χ2v) is 6.00. The van der Waals surface area contributed by atoms with Gasteiger partial charge in [-0.2, -0.15) is 0 Å². The molecule has 1 N–H and O–H groups in total. The van der Waals surface area contributed by atoms with Gasteiger partial charge in [0.05, 0.1) is 10.9 Å². The highest BCUT2D eigenvalue weighted by Crippen LogP contribution is 2.30. The zero-order valence-electron chi connectivity index (χ0n) is 12.7. The maximum absolute atomic E-state index is 13.8. The van der Waals surface area contributed by atoms with Crippen molar-refractivity contribution in [3.8, 4) is 0 Å². The number of rotatable bonds is 3. The molecule has 1 aliphatic heterocycles. The lowest BCUT2D eigenvalue weighted by Gasteiger charge is -2.18. The van der Waals surface area contributed by atoms with Gasteiger partial charge in [0.15, 0.2) is 0 Å². The Morgan fingerprint density at radius 3 is 2.44 bits per heavy atom. The molecule has 0 spiro atoms. The number of nitrogens with zero attached hydrogens (tertiary/aromatic N) is 1. The van der Waals surface area contributed by atoms with Crippen molar-refractivity contribution < 1.29 is 22.8 Å². The van der Waals surface area contributed by atoms with Crippen molar-refractivity contribution in [1.29, 1.82) is 0 Å². The molecule has 0 saturated carbocycles. The van der Waals surface area contributed by atoms with Crippen LogP contribution in [0.15, 0.2) is 36.4 Å². The molecular weight excluding hydrogens is 357 g/mol. The quantitative estimate of drug-likeness (QED) is 0.897. The first-order valence-electron chi connectivity index (χ1n) is 7.37. The molecular formula is C17H12ClF3N2O2. The fourth-order valence-electron chi connectivity index (χ4n) is 2.66. The highest BCUT2D eigenvalue weighted by molar-refractivity contribution is 6.31. The van der Waals surface area contributed by atoms with Gasteiger partial charge in [0.2, 0.25) is 11.8 Å². The van der Waals surface area contributed by atoms with Gasteiger partial charge in [0, 0.05) is 18.7 Å². The first-order valence-corrected chi connectivity index (χ1v) is 7.75. The fourth-order valence-corrected chi connectivity index (χ4v) is 2.84. The first kappa shape index (κ1) is 17.3. The van der Waals surface area contributed by atoms with Crippen LogP contribution in [-0.2, 0) is 9.59 Å². The maximum Gasteiger partial charge on any atom is 0.229 e. The highest BCUT2D eigenvalue weighted by atomic mass is 35.5. The van der Waals surface area contributed by atoms with Gasteiger partial charge in [-0.05, 0) is 30.3 Å². The lowest BCUT2D eigenvalue weighted by molar-refractivity contribution is -0.122. The summed E-state index contributed by atoms with van der Waals surface area (Å²) in [5.74, 6) is -4.25. The summed E-state index contributed by atoms with van der Waals surface area (Å²) >= 11 is 5.65. The average Bonchev–Trinajstić information content (AvgIpc) is 2.93. The van der Waals surface area contributed by atoms with Gasteiger partial charge in [0.25, 0.3) is 0 Å². The van der Waals surface area contributed by atoms with Crippen LogP contribution in [0, 0.1) is 23.4 Å². The Balaban J connectivity index is 1.75. The molecule has 2 amide bonds. The topological polar surface area (TPSA) is 49.4 Å². The van der Waals surface area contributed by atoms with Crippen molar-refractivity contribution in [2.75, 3.05) is 16.8 Å². The summed E-state index contributed by atoms with van der Waals surface area (Å²) in [6.07, 6.45) is -0.186. The molecule has 1 heterocycles. The molecule has 0 aromatic heterocycles. The molecule has 2 aromatic rings. The number of benzene rings is 2. The molecule has 3 rings (SSSR count). The van der Waals surface area contributed by atoms with Crippen molar-refractivity contribution in [2.24, 2.45) is 5.92 Å². The van der Waals surface area contributed by atoms with E-state index in [9.17, 15) is 22.8 Å². The third-order valence-corrected chi connectivity index (χ3v) is 4.18. The Hall–Kier alpha value is -2.54. The number of hydrogen-bond donors (Lipinski definition) is 1. The number of para-hydroxylation sites is 1. The van der Waals surface area contributed by atoms with Crippen LogP contribution in [-0.4, -0.2) is 18.4 Å². The molecule has 1 saturated heterocycles. The molecule has 0 aliphatic carbocycles. The number of amides is 2. The van der Waals surface area contributed by atoms with E-state index in [-0.39, 0.29) is 23.7 Å². The van der Waals surface area contributed by atoms with E-state index in [1.165, 1.54) is 18.2 Å². The van der Waals surface area contributed by atoms with Gasteiger partial charge in [0.1, 0.15) is 23.1 Å². The predicted molar refractivity (Wildman–Crippen MR) is 86.9 cm³/mol. The Morgan fingerprint density at radius 1 is 1.12 bits per heavy atom. The minimum absolute atomic E-state index is 0.155. The van der Waals surface area contributed by atoms with Gasteiger partial charge in [-0.1, -0.05) is 17.7 Å². The summed E-state index contributed by atoms with van der Waals surface area (Å²) in [5.41, 5.74) is -0.202. The molecule has 1 aliphatic rings. The molecule has 2 aromatic carbocycles. The number of nitrogens with one attached hydrogen (secondary N) is 1. The van der Waals surface area contributed by atoms with Gasteiger partial charge in [-0.25, -0.2) is 13.2 Å². The summed E-state index contributed by atoms with van der Waals surface area (Å²) < 4.78 is 40.8. The summed E-state index contributed by atoms with van der Waals surface area (Å²) in [6.45, 7) is -0.155. The van der Waals surface area contributed by atoms with Crippen molar-refractivity contribution >= 4 is 34.8 Å². The summed E-state index contributed by atoms with van der Waals surface area (Å²) in [7, 11) is 0. The van der Waals surface area contributed by atoms with Crippen LogP contribution in [0.2, 0.25) is 5.02 Å². The van der Waals surface area contributed by atoms with Crippen LogP contribution in [0.4, 0.5) is 24.5 Å². The van der Waals surface area contributed by atoms with E-state index in [2.05, 4.69) is 5.32 Å². The smallest absolute Gasteiger partial charge is 0.229 e. The zero-order valence-corrected chi connectivity index (χ0v) is 13.5. The fraction of sp³-hybridized carbons (Fsp3) is 0.176. The van der Waals surface area contributed by atoms with E-state index in [1.54, 1.807) is 0 Å². The molecule has 8 heteroatoms. The summed E-state index contributed by atoms with van der Waals surface area (Å²) in [5, 5.41) is 2.36. The number of carbonyl (C=O) groups is 2. The summed E-state index contributed by atoms with van der Waals surface area (Å²) in [4.78, 5) is 25.3. The Labute approximate surface area is 146 Å². The van der Waals surface area contributed by atoms with Crippen molar-refractivity contribution in [3.63, 3.8) is 0 Å². The van der Waals surface area contributed by atoms with Crippen LogP contribution in [0.25, 0.3) is 0 Å². The van der Waals surface area contributed by atoms with Crippen molar-refractivity contribution in [2.45, 2.75) is 6.42 Å². The third-order valence-electron chi connectivity index (χ3n) is 3.89. The van der Waals surface area contributed by atoms with Gasteiger partial charge in [-0.15, -0.1) is 0 Å². The SMILES string of the molecule is O=C(Nc1ccc(F)c(Cl)c1)C1CC(=O)N(c2c(F)cccc2F)C1. The van der Waals surface area contributed by atoms with Gasteiger partial charge >= 0.3 is 0 Å². The molecule has 1 atom stereocenters. The largest absolute Gasteiger partial charge is 0.326 e. The minimum atomic E-state index is -0.875. The maximum atomic E-state index is 13.8.